The van der Waals surface area contributed by atoms with Gasteiger partial charge in [0.2, 0.25) is 0 Å². The fourth-order valence-electron chi connectivity index (χ4n) is 6.45. The first-order chi connectivity index (χ1) is 20.4. The van der Waals surface area contributed by atoms with Gasteiger partial charge < -0.3 is 52.1 Å². The van der Waals surface area contributed by atoms with Crippen LogP contribution >= 0.6 is 0 Å². The molecule has 0 fully saturated rings. The second-order valence-electron chi connectivity index (χ2n) is 11.8. The Morgan fingerprint density at radius 1 is 0.556 bits per heavy atom. The maximum Gasteiger partial charge on any atom is 0.332 e. The van der Waals surface area contributed by atoms with Gasteiger partial charge in [0.1, 0.15) is 0 Å². The highest BCUT2D eigenvalue weighted by Crippen LogP contribution is 2.16. The molecule has 4 heterocycles. The molecule has 252 valence electrons. The maximum absolute atomic E-state index is 12.9. The van der Waals surface area contributed by atoms with Crippen molar-refractivity contribution in [3.05, 3.63) is 54.3 Å². The average Bonchev–Trinajstić information content (AvgIpc) is 3.65. The summed E-state index contributed by atoms with van der Waals surface area (Å²) in [6, 6.07) is 0. The Labute approximate surface area is 283 Å². The number of halogens is 2. The lowest BCUT2D eigenvalue weighted by atomic mass is 10.2. The molecule has 0 N–H and O–H groups in total. The first-order valence-corrected chi connectivity index (χ1v) is 15.3. The number of fused-ring (bicyclic) bond motifs is 2. The number of rotatable bonds is 14. The molecule has 16 heteroatoms. The first-order valence-electron chi connectivity index (χ1n) is 15.3. The molecule has 0 aliphatic heterocycles. The van der Waals surface area contributed by atoms with Crippen molar-refractivity contribution in [1.29, 1.82) is 0 Å². The Hall–Kier alpha value is -2.82. The summed E-state index contributed by atoms with van der Waals surface area (Å²) in [5, 5.41) is 0. The molecule has 0 aliphatic rings. The quantitative estimate of drug-likeness (QED) is 0.118. The predicted octanol–water partition coefficient (Wildman–Crippen LogP) is -6.01. The summed E-state index contributed by atoms with van der Waals surface area (Å²) < 4.78 is 10.7. The van der Waals surface area contributed by atoms with E-state index in [9.17, 15) is 19.2 Å². The highest BCUT2D eigenvalue weighted by atomic mass is 79.9. The maximum atomic E-state index is 12.9. The van der Waals surface area contributed by atoms with E-state index in [-0.39, 0.29) is 56.5 Å². The van der Waals surface area contributed by atoms with Crippen LogP contribution in [-0.2, 0) is 41.3 Å². The molecule has 14 nitrogen and oxygen atoms in total. The summed E-state index contributed by atoms with van der Waals surface area (Å²) in [5.41, 5.74) is 0.362. The highest BCUT2D eigenvalue weighted by molar-refractivity contribution is 5.70. The zero-order chi connectivity index (χ0) is 31.7. The van der Waals surface area contributed by atoms with Crippen LogP contribution in [0.25, 0.3) is 22.3 Å². The SMILES string of the molecule is CC[N+](CC)(CCC[N+](CC)(CC)CCn1cnc2c1c(=O)n(C)c(=O)n2C)CCn1cnc2c1c(=O)n(C)c(=O)n2C.[Br-].[Br-]. The van der Waals surface area contributed by atoms with E-state index in [1.807, 2.05) is 9.13 Å². The Morgan fingerprint density at radius 3 is 1.20 bits per heavy atom. The van der Waals surface area contributed by atoms with Gasteiger partial charge in [-0.05, 0) is 27.7 Å². The molecule has 0 radical (unpaired) electrons. The molecule has 45 heavy (non-hydrogen) atoms. The van der Waals surface area contributed by atoms with Gasteiger partial charge in [-0.3, -0.25) is 27.9 Å². The normalized spacial score (nSPS) is 12.1. The Bertz CT molecular complexity index is 1720. The van der Waals surface area contributed by atoms with Crippen LogP contribution in [-0.4, -0.2) is 98.7 Å². The van der Waals surface area contributed by atoms with E-state index in [0.29, 0.717) is 35.4 Å². The van der Waals surface area contributed by atoms with Crippen LogP contribution < -0.4 is 56.5 Å². The lowest BCUT2D eigenvalue weighted by Gasteiger charge is -2.40. The number of hydrogen-bond donors (Lipinski definition) is 0. The van der Waals surface area contributed by atoms with Crippen molar-refractivity contribution in [3.63, 3.8) is 0 Å². The summed E-state index contributed by atoms with van der Waals surface area (Å²) in [4.78, 5) is 59.3. The van der Waals surface area contributed by atoms with Gasteiger partial charge in [-0.1, -0.05) is 0 Å². The zero-order valence-corrected chi connectivity index (χ0v) is 31.0. The summed E-state index contributed by atoms with van der Waals surface area (Å²) >= 11 is 0. The van der Waals surface area contributed by atoms with Crippen molar-refractivity contribution in [2.24, 2.45) is 28.2 Å². The van der Waals surface area contributed by atoms with E-state index in [4.69, 9.17) is 0 Å². The smallest absolute Gasteiger partial charge is 0.332 e. The number of imidazole rings is 2. The molecule has 4 aromatic rings. The molecule has 4 aromatic heterocycles. The average molecular weight is 761 g/mol. The van der Waals surface area contributed by atoms with E-state index in [1.165, 1.54) is 23.2 Å². The van der Waals surface area contributed by atoms with Gasteiger partial charge in [-0.15, -0.1) is 0 Å². The number of hydrogen-bond acceptors (Lipinski definition) is 6. The van der Waals surface area contributed by atoms with Crippen LogP contribution in [0.1, 0.15) is 34.1 Å². The molecule has 0 saturated carbocycles. The number of aromatic nitrogens is 8. The summed E-state index contributed by atoms with van der Waals surface area (Å²) in [7, 11) is 6.29. The lowest BCUT2D eigenvalue weighted by molar-refractivity contribution is -0.943. The topological polar surface area (TPSA) is 124 Å². The van der Waals surface area contributed by atoms with Gasteiger partial charge in [-0.2, -0.15) is 0 Å². The first kappa shape index (κ1) is 38.4. The second-order valence-corrected chi connectivity index (χ2v) is 11.8. The van der Waals surface area contributed by atoms with Crippen molar-refractivity contribution in [3.8, 4) is 0 Å². The minimum atomic E-state index is -0.377. The molecular weight excluding hydrogens is 712 g/mol. The number of nitrogens with zero attached hydrogens (tertiary/aromatic N) is 10. The Balaban J connectivity index is 0.00000353. The van der Waals surface area contributed by atoms with E-state index in [0.717, 1.165) is 76.9 Å². The van der Waals surface area contributed by atoms with Gasteiger partial charge in [-0.25, -0.2) is 19.6 Å². The second kappa shape index (κ2) is 15.2. The fraction of sp³-hybridized carbons (Fsp3) is 0.655. The number of likely N-dealkylation sites (N-methyl/N-ethyl adjacent to an activating group) is 2. The third-order valence-corrected chi connectivity index (χ3v) is 10.0. The predicted molar refractivity (Wildman–Crippen MR) is 167 cm³/mol. The van der Waals surface area contributed by atoms with Crippen molar-refractivity contribution in [2.75, 3.05) is 52.4 Å². The van der Waals surface area contributed by atoms with Gasteiger partial charge >= 0.3 is 11.4 Å². The van der Waals surface area contributed by atoms with Crippen molar-refractivity contribution in [1.82, 2.24) is 37.4 Å². The van der Waals surface area contributed by atoms with Crippen LogP contribution in [0.3, 0.4) is 0 Å². The summed E-state index contributed by atoms with van der Waals surface area (Å²) in [5.74, 6) is 0. The molecule has 0 amide bonds. The fourth-order valence-corrected chi connectivity index (χ4v) is 6.45. The molecule has 0 aliphatic carbocycles. The largest absolute Gasteiger partial charge is 1.00 e. The Kier molecular flexibility index (Phi) is 12.9. The minimum absolute atomic E-state index is 0. The summed E-state index contributed by atoms with van der Waals surface area (Å²) in [6.07, 6.45) is 4.38. The van der Waals surface area contributed by atoms with E-state index in [2.05, 4.69) is 37.7 Å². The van der Waals surface area contributed by atoms with Crippen molar-refractivity contribution in [2.45, 2.75) is 47.2 Å². The molecule has 0 spiro atoms. The molecule has 0 aromatic carbocycles. The van der Waals surface area contributed by atoms with Crippen LogP contribution in [0.4, 0.5) is 0 Å². The summed E-state index contributed by atoms with van der Waals surface area (Å²) in [6.45, 7) is 17.8. The van der Waals surface area contributed by atoms with Crippen LogP contribution in [0, 0.1) is 0 Å². The molecule has 0 atom stereocenters. The molecule has 4 rings (SSSR count). The standard InChI is InChI=1S/C29H48N10O4.2BrH/c1-9-38(10-2,18-14-36-20-30-24-22(36)26(40)34(7)28(42)32(24)5)16-13-17-39(11-3,12-4)19-15-37-21-31-25-23(37)27(41)35(8)29(43)33(25)6;;/h20-21H,9-19H2,1-8H3;2*1H/q+2;;/p-2. The highest BCUT2D eigenvalue weighted by Gasteiger charge is 2.29. The minimum Gasteiger partial charge on any atom is -1.00 e. The van der Waals surface area contributed by atoms with Crippen LogP contribution in [0.15, 0.2) is 31.8 Å². The van der Waals surface area contributed by atoms with Gasteiger partial charge in [0.15, 0.2) is 22.3 Å². The third kappa shape index (κ3) is 6.98. The third-order valence-electron chi connectivity index (χ3n) is 10.0. The van der Waals surface area contributed by atoms with E-state index < -0.39 is 0 Å². The number of quaternary nitrogens is 2. The van der Waals surface area contributed by atoms with E-state index in [1.54, 1.807) is 26.7 Å². The molecule has 0 unspecified atom stereocenters. The zero-order valence-electron chi connectivity index (χ0n) is 27.8. The molecule has 0 bridgehead atoms. The lowest BCUT2D eigenvalue weighted by Crippen LogP contribution is -3.00. The van der Waals surface area contributed by atoms with Crippen molar-refractivity contribution >= 4 is 22.3 Å². The van der Waals surface area contributed by atoms with E-state index >= 15 is 0 Å². The monoisotopic (exact) mass is 758 g/mol. The van der Waals surface area contributed by atoms with Gasteiger partial charge in [0.05, 0.1) is 78.1 Å². The molecule has 0 saturated heterocycles. The number of aryl methyl sites for hydroxylation is 2. The van der Waals surface area contributed by atoms with Gasteiger partial charge in [0, 0.05) is 34.6 Å². The van der Waals surface area contributed by atoms with Gasteiger partial charge in [0.25, 0.3) is 11.1 Å². The van der Waals surface area contributed by atoms with Crippen LogP contribution in [0.5, 0.6) is 0 Å². The van der Waals surface area contributed by atoms with Crippen LogP contribution in [0.2, 0.25) is 0 Å². The van der Waals surface area contributed by atoms with Crippen molar-refractivity contribution < 1.29 is 42.9 Å². The molecular formula is C29H48Br2N10O4. The Morgan fingerprint density at radius 2 is 0.889 bits per heavy atom.